The quantitative estimate of drug-likeness (QED) is 0.724. The van der Waals surface area contributed by atoms with E-state index in [1.54, 1.807) is 24.4 Å². The lowest BCUT2D eigenvalue weighted by Crippen LogP contribution is -2.29. The van der Waals surface area contributed by atoms with Crippen LogP contribution >= 0.6 is 23.2 Å². The van der Waals surface area contributed by atoms with Gasteiger partial charge >= 0.3 is 5.97 Å². The van der Waals surface area contributed by atoms with Gasteiger partial charge in [-0.3, -0.25) is 0 Å². The van der Waals surface area contributed by atoms with Gasteiger partial charge in [0.1, 0.15) is 5.71 Å². The number of nitrogens with zero attached hydrogens (tertiary/aromatic N) is 2. The van der Waals surface area contributed by atoms with Crippen LogP contribution in [0.5, 0.6) is 5.88 Å². The molecular weight excluding hydrogens is 417 g/mol. The minimum atomic E-state index is -0.393. The van der Waals surface area contributed by atoms with Gasteiger partial charge in [-0.25, -0.2) is 9.78 Å². The Morgan fingerprint density at radius 3 is 2.93 bits per heavy atom. The van der Waals surface area contributed by atoms with Crippen LogP contribution in [0, 0.1) is 5.92 Å². The summed E-state index contributed by atoms with van der Waals surface area (Å²) in [6.45, 7) is 2.38. The fraction of sp³-hybridized carbons (Fsp3) is 0.350. The molecule has 0 unspecified atom stereocenters. The zero-order valence-corrected chi connectivity index (χ0v) is 16.9. The monoisotopic (exact) mass is 435 g/mol. The third-order valence-corrected chi connectivity index (χ3v) is 5.51. The van der Waals surface area contributed by atoms with Gasteiger partial charge in [0.15, 0.2) is 0 Å². The summed E-state index contributed by atoms with van der Waals surface area (Å²) in [5.74, 6) is 0.0190. The highest BCUT2D eigenvalue weighted by atomic mass is 35.5. The minimum Gasteiger partial charge on any atom is -0.477 e. The zero-order chi connectivity index (χ0) is 20.2. The van der Waals surface area contributed by atoms with Crippen LogP contribution < -0.4 is 10.1 Å². The molecule has 0 aliphatic carbocycles. The lowest BCUT2D eigenvalue weighted by Gasteiger charge is -2.25. The van der Waals surface area contributed by atoms with Crippen LogP contribution in [0.2, 0.25) is 10.0 Å². The van der Waals surface area contributed by atoms with E-state index in [1.165, 1.54) is 0 Å². The molecule has 7 nitrogen and oxygen atoms in total. The average Bonchev–Trinajstić information content (AvgIpc) is 3.02. The van der Waals surface area contributed by atoms with Crippen LogP contribution in [0.15, 0.2) is 41.7 Å². The number of benzene rings is 1. The predicted octanol–water partition coefficient (Wildman–Crippen LogP) is 3.40. The maximum absolute atomic E-state index is 11.4. The molecule has 0 saturated carbocycles. The number of pyridine rings is 1. The van der Waals surface area contributed by atoms with Gasteiger partial charge in [-0.05, 0) is 29.8 Å². The number of hydrogen-bond acceptors (Lipinski definition) is 7. The summed E-state index contributed by atoms with van der Waals surface area (Å²) < 4.78 is 12.1. The highest BCUT2D eigenvalue weighted by Crippen LogP contribution is 2.33. The van der Waals surface area contributed by atoms with Crippen molar-refractivity contribution in [1.82, 2.24) is 10.3 Å². The average molecular weight is 436 g/mol. The number of oxime groups is 1. The number of carbonyl (C=O) groups is 1. The van der Waals surface area contributed by atoms with Crippen molar-refractivity contribution in [3.8, 4) is 5.88 Å². The molecule has 29 heavy (non-hydrogen) atoms. The van der Waals surface area contributed by atoms with Gasteiger partial charge in [0.2, 0.25) is 5.88 Å². The number of aromatic nitrogens is 1. The zero-order valence-electron chi connectivity index (χ0n) is 15.4. The van der Waals surface area contributed by atoms with E-state index in [-0.39, 0.29) is 18.4 Å². The molecule has 0 amide bonds. The summed E-state index contributed by atoms with van der Waals surface area (Å²) in [7, 11) is 0. The van der Waals surface area contributed by atoms with Crippen molar-refractivity contribution in [2.45, 2.75) is 12.5 Å². The molecule has 4 rings (SSSR count). The highest BCUT2D eigenvalue weighted by molar-refractivity contribution is 6.42. The maximum atomic E-state index is 11.4. The normalized spacial score (nSPS) is 22.0. The second-order valence-electron chi connectivity index (χ2n) is 6.77. The first-order valence-electron chi connectivity index (χ1n) is 9.24. The van der Waals surface area contributed by atoms with Gasteiger partial charge in [0, 0.05) is 25.2 Å². The van der Waals surface area contributed by atoms with Gasteiger partial charge in [0.05, 0.1) is 41.3 Å². The number of halogens is 2. The van der Waals surface area contributed by atoms with Crippen LogP contribution in [0.4, 0.5) is 0 Å². The largest absolute Gasteiger partial charge is 0.477 e. The number of nitrogens with one attached hydrogen (secondary N) is 1. The molecule has 152 valence electrons. The molecule has 1 fully saturated rings. The van der Waals surface area contributed by atoms with Crippen LogP contribution in [0.25, 0.3) is 0 Å². The van der Waals surface area contributed by atoms with Crippen LogP contribution in [-0.4, -0.2) is 43.0 Å². The molecule has 1 aromatic heterocycles. The smallest absolute Gasteiger partial charge is 0.341 e. The summed E-state index contributed by atoms with van der Waals surface area (Å²) in [6, 6.07) is 9.09. The lowest BCUT2D eigenvalue weighted by molar-refractivity contribution is -0.140. The molecule has 1 saturated heterocycles. The molecule has 2 atom stereocenters. The van der Waals surface area contributed by atoms with Gasteiger partial charge in [0.25, 0.3) is 0 Å². The first-order chi connectivity index (χ1) is 14.1. The second-order valence-corrected chi connectivity index (χ2v) is 7.59. The number of rotatable bonds is 5. The van der Waals surface area contributed by atoms with Crippen molar-refractivity contribution in [2.75, 3.05) is 26.3 Å². The van der Waals surface area contributed by atoms with E-state index in [0.29, 0.717) is 47.0 Å². The van der Waals surface area contributed by atoms with Crippen molar-refractivity contribution >= 4 is 34.9 Å². The summed E-state index contributed by atoms with van der Waals surface area (Å²) >= 11 is 12.3. The van der Waals surface area contributed by atoms with Crippen LogP contribution in [0.1, 0.15) is 23.7 Å². The molecule has 0 spiro atoms. The lowest BCUT2D eigenvalue weighted by atomic mass is 9.96. The molecule has 0 bridgehead atoms. The first-order valence-corrected chi connectivity index (χ1v) is 9.99. The molecule has 2 aromatic rings. The summed E-state index contributed by atoms with van der Waals surface area (Å²) in [5, 5.41) is 8.17. The third-order valence-electron chi connectivity index (χ3n) is 4.77. The SMILES string of the molecule is O=C1CC(c2cccnc2OC[C@@H]2CNCCO[C@H]2c2ccc(Cl)c(Cl)c2)=NO1. The maximum Gasteiger partial charge on any atom is 0.341 e. The van der Waals surface area contributed by atoms with E-state index in [9.17, 15) is 4.79 Å². The van der Waals surface area contributed by atoms with Crippen molar-refractivity contribution in [2.24, 2.45) is 11.1 Å². The van der Waals surface area contributed by atoms with E-state index in [4.69, 9.17) is 37.5 Å². The van der Waals surface area contributed by atoms with E-state index in [1.807, 2.05) is 12.1 Å². The Labute approximate surface area is 177 Å². The number of hydrogen-bond donors (Lipinski definition) is 1. The molecular formula is C20H19Cl2N3O4. The van der Waals surface area contributed by atoms with Crippen LogP contribution in [0.3, 0.4) is 0 Å². The molecule has 0 radical (unpaired) electrons. The standard InChI is InChI=1S/C20H19Cl2N3O4/c21-15-4-3-12(8-16(15)22)19-13(10-23-6-7-27-19)11-28-20-14(2-1-5-24-20)17-9-18(26)29-25-17/h1-5,8,13,19,23H,6-7,9-11H2/t13-,19-/m0/s1. The minimum absolute atomic E-state index is 0.00740. The Hall–Kier alpha value is -2.19. The van der Waals surface area contributed by atoms with Gasteiger partial charge < -0.3 is 19.6 Å². The Kier molecular flexibility index (Phi) is 6.30. The summed E-state index contributed by atoms with van der Waals surface area (Å²) in [5.41, 5.74) is 2.10. The van der Waals surface area contributed by atoms with E-state index in [0.717, 1.165) is 12.1 Å². The van der Waals surface area contributed by atoms with Crippen molar-refractivity contribution in [1.29, 1.82) is 0 Å². The van der Waals surface area contributed by atoms with E-state index >= 15 is 0 Å². The summed E-state index contributed by atoms with van der Waals surface area (Å²) in [4.78, 5) is 20.4. The molecule has 1 N–H and O–H groups in total. The number of carbonyl (C=O) groups excluding carboxylic acids is 1. The number of ether oxygens (including phenoxy) is 2. The Balaban J connectivity index is 1.53. The molecule has 9 heteroatoms. The Morgan fingerprint density at radius 2 is 2.14 bits per heavy atom. The molecule has 3 heterocycles. The predicted molar refractivity (Wildman–Crippen MR) is 108 cm³/mol. The van der Waals surface area contributed by atoms with E-state index < -0.39 is 5.97 Å². The van der Waals surface area contributed by atoms with Gasteiger partial charge in [-0.1, -0.05) is 34.4 Å². The fourth-order valence-electron chi connectivity index (χ4n) is 3.36. The third kappa shape index (κ3) is 4.70. The van der Waals surface area contributed by atoms with E-state index in [2.05, 4.69) is 15.5 Å². The summed E-state index contributed by atoms with van der Waals surface area (Å²) in [6.07, 6.45) is 1.53. The van der Waals surface area contributed by atoms with Crippen molar-refractivity contribution < 1.29 is 19.1 Å². The fourth-order valence-corrected chi connectivity index (χ4v) is 3.66. The van der Waals surface area contributed by atoms with Gasteiger partial charge in [-0.2, -0.15) is 0 Å². The molecule has 2 aliphatic heterocycles. The first kappa shape index (κ1) is 20.1. The highest BCUT2D eigenvalue weighted by Gasteiger charge is 2.29. The van der Waals surface area contributed by atoms with Crippen molar-refractivity contribution in [3.63, 3.8) is 0 Å². The Morgan fingerprint density at radius 1 is 1.24 bits per heavy atom. The Bertz CT molecular complexity index is 938. The van der Waals surface area contributed by atoms with Crippen molar-refractivity contribution in [3.05, 3.63) is 57.7 Å². The molecule has 2 aliphatic rings. The van der Waals surface area contributed by atoms with Gasteiger partial charge in [-0.15, -0.1) is 0 Å². The molecule has 1 aromatic carbocycles. The second kappa shape index (κ2) is 9.09. The van der Waals surface area contributed by atoms with Crippen LogP contribution in [-0.2, 0) is 14.4 Å². The topological polar surface area (TPSA) is 82.0 Å².